The lowest BCUT2D eigenvalue weighted by atomic mass is 10.1. The second-order valence-corrected chi connectivity index (χ2v) is 5.58. The second kappa shape index (κ2) is 7.65. The van der Waals surface area contributed by atoms with Gasteiger partial charge in [0.05, 0.1) is 11.1 Å². The monoisotopic (exact) mass is 292 g/mol. The third-order valence-corrected chi connectivity index (χ3v) is 2.70. The number of hydrogen-bond acceptors (Lipinski definition) is 5. The minimum atomic E-state index is -3.54. The molecule has 1 aromatic rings. The van der Waals surface area contributed by atoms with Crippen LogP contribution in [0.1, 0.15) is 20.7 Å². The summed E-state index contributed by atoms with van der Waals surface area (Å²) in [4.78, 5) is 28.9. The van der Waals surface area contributed by atoms with Crippen LogP contribution in [0, 0.1) is 0 Å². The molecule has 106 valence electrons. The molecule has 0 amide bonds. The van der Waals surface area contributed by atoms with Crippen molar-refractivity contribution in [1.82, 2.24) is 0 Å². The fraction of sp³-hybridized carbons (Fsp3) is 0.200. The van der Waals surface area contributed by atoms with Crippen LogP contribution < -0.4 is 0 Å². The standard InChI is InChI=1S/C8H6O4.C2H7O4P/c9-7(10)5-1-2-6(4-3-5)8(11)12;3-1-7(5,6)2-4/h1-4H,(H,9,10)(H,11,12);3-4H,1-2H2,(H,5,6). The van der Waals surface area contributed by atoms with Gasteiger partial charge in [0, 0.05) is 0 Å². The van der Waals surface area contributed by atoms with E-state index in [4.69, 9.17) is 25.3 Å². The van der Waals surface area contributed by atoms with E-state index in [9.17, 15) is 14.2 Å². The van der Waals surface area contributed by atoms with Crippen LogP contribution >= 0.6 is 7.37 Å². The van der Waals surface area contributed by atoms with Crippen LogP contribution in [0.4, 0.5) is 0 Å². The predicted octanol–water partition coefficient (Wildman–Crippen LogP) is 0.239. The Labute approximate surface area is 108 Å². The molecule has 0 aliphatic carbocycles. The van der Waals surface area contributed by atoms with Gasteiger partial charge in [-0.2, -0.15) is 0 Å². The molecule has 0 aromatic heterocycles. The summed E-state index contributed by atoms with van der Waals surface area (Å²) in [6, 6.07) is 5.02. The molecule has 8 nitrogen and oxygen atoms in total. The molecule has 1 rings (SSSR count). The van der Waals surface area contributed by atoms with Crippen LogP contribution in [0.25, 0.3) is 0 Å². The fourth-order valence-corrected chi connectivity index (χ4v) is 0.890. The molecule has 0 bridgehead atoms. The molecule has 0 radical (unpaired) electrons. The number of benzene rings is 1. The van der Waals surface area contributed by atoms with E-state index in [0.29, 0.717) is 0 Å². The van der Waals surface area contributed by atoms with Gasteiger partial charge < -0.3 is 25.3 Å². The summed E-state index contributed by atoms with van der Waals surface area (Å²) in [7, 11) is -3.54. The van der Waals surface area contributed by atoms with Gasteiger partial charge in [0.2, 0.25) is 7.37 Å². The average molecular weight is 292 g/mol. The quantitative estimate of drug-likeness (QED) is 0.495. The van der Waals surface area contributed by atoms with Crippen LogP contribution in [0.3, 0.4) is 0 Å². The zero-order valence-corrected chi connectivity index (χ0v) is 10.5. The Balaban J connectivity index is 0.000000399. The SMILES string of the molecule is O=C(O)c1ccc(C(=O)O)cc1.O=P(O)(CO)CO. The first kappa shape index (κ1) is 17.3. The Bertz CT molecular complexity index is 440. The fourth-order valence-electron chi connectivity index (χ4n) is 0.800. The summed E-state index contributed by atoms with van der Waals surface area (Å²) >= 11 is 0. The number of carbonyl (C=O) groups is 2. The molecule has 0 atom stereocenters. The lowest BCUT2D eigenvalue weighted by Gasteiger charge is -1.99. The number of aliphatic hydroxyl groups excluding tert-OH is 2. The molecule has 0 unspecified atom stereocenters. The van der Waals surface area contributed by atoms with E-state index in [2.05, 4.69) is 0 Å². The topological polar surface area (TPSA) is 152 Å². The predicted molar refractivity (Wildman–Crippen MR) is 64.4 cm³/mol. The number of carboxylic acids is 2. The molecule has 1 aromatic carbocycles. The van der Waals surface area contributed by atoms with Crippen molar-refractivity contribution in [1.29, 1.82) is 0 Å². The van der Waals surface area contributed by atoms with Gasteiger partial charge in [0.1, 0.15) is 12.7 Å². The molecule has 0 fully saturated rings. The van der Waals surface area contributed by atoms with E-state index in [1.54, 1.807) is 0 Å². The summed E-state index contributed by atoms with van der Waals surface area (Å²) in [5, 5.41) is 32.8. The molecule has 0 spiro atoms. The zero-order chi connectivity index (χ0) is 15.1. The normalized spacial score (nSPS) is 10.3. The Hall–Kier alpha value is -1.73. The lowest BCUT2D eigenvalue weighted by Crippen LogP contribution is -1.99. The van der Waals surface area contributed by atoms with Gasteiger partial charge in [-0.1, -0.05) is 0 Å². The number of aromatic carboxylic acids is 2. The first-order chi connectivity index (χ1) is 8.73. The molecule has 19 heavy (non-hydrogen) atoms. The van der Waals surface area contributed by atoms with E-state index in [1.807, 2.05) is 0 Å². The molecule has 9 heteroatoms. The van der Waals surface area contributed by atoms with Crippen molar-refractivity contribution in [2.75, 3.05) is 12.7 Å². The van der Waals surface area contributed by atoms with Gasteiger partial charge in [0.15, 0.2) is 0 Å². The molecule has 5 N–H and O–H groups in total. The van der Waals surface area contributed by atoms with Crippen LogP contribution in [0.15, 0.2) is 24.3 Å². The van der Waals surface area contributed by atoms with Crippen molar-refractivity contribution < 1.29 is 39.5 Å². The highest BCUT2D eigenvalue weighted by Crippen LogP contribution is 2.36. The van der Waals surface area contributed by atoms with Gasteiger partial charge >= 0.3 is 11.9 Å². The Morgan fingerprint density at radius 2 is 1.16 bits per heavy atom. The van der Waals surface area contributed by atoms with Gasteiger partial charge in [-0.25, -0.2) is 9.59 Å². The van der Waals surface area contributed by atoms with E-state index in [-0.39, 0.29) is 11.1 Å². The Morgan fingerprint density at radius 1 is 0.895 bits per heavy atom. The Morgan fingerprint density at radius 3 is 1.26 bits per heavy atom. The molecular formula is C10H13O8P. The Kier molecular flexibility index (Phi) is 6.95. The number of hydrogen-bond donors (Lipinski definition) is 5. The first-order valence-corrected chi connectivity index (χ1v) is 6.85. The minimum Gasteiger partial charge on any atom is -0.478 e. The van der Waals surface area contributed by atoms with Crippen molar-refractivity contribution >= 4 is 19.3 Å². The summed E-state index contributed by atoms with van der Waals surface area (Å²) in [6.45, 7) is 0. The van der Waals surface area contributed by atoms with Gasteiger partial charge in [-0.3, -0.25) is 4.57 Å². The zero-order valence-electron chi connectivity index (χ0n) is 9.63. The van der Waals surface area contributed by atoms with Crippen molar-refractivity contribution in [2.24, 2.45) is 0 Å². The number of carboxylic acid groups (broad SMARTS) is 2. The average Bonchev–Trinajstić information content (AvgIpc) is 2.39. The van der Waals surface area contributed by atoms with Gasteiger partial charge in [0.25, 0.3) is 0 Å². The van der Waals surface area contributed by atoms with Crippen molar-refractivity contribution in [3.8, 4) is 0 Å². The van der Waals surface area contributed by atoms with E-state index < -0.39 is 32.0 Å². The number of rotatable bonds is 4. The maximum atomic E-state index is 10.3. The molecule has 0 aliphatic rings. The molecular weight excluding hydrogens is 279 g/mol. The molecule has 0 aliphatic heterocycles. The van der Waals surface area contributed by atoms with E-state index in [1.165, 1.54) is 24.3 Å². The van der Waals surface area contributed by atoms with Crippen molar-refractivity contribution in [3.05, 3.63) is 35.4 Å². The summed E-state index contributed by atoms with van der Waals surface area (Å²) in [6.07, 6.45) is -1.69. The maximum absolute atomic E-state index is 10.3. The highest BCUT2D eigenvalue weighted by atomic mass is 31.2. The van der Waals surface area contributed by atoms with E-state index >= 15 is 0 Å². The number of aliphatic hydroxyl groups is 2. The third-order valence-electron chi connectivity index (χ3n) is 1.82. The largest absolute Gasteiger partial charge is 0.478 e. The van der Waals surface area contributed by atoms with Gasteiger partial charge in [-0.05, 0) is 24.3 Å². The molecule has 0 saturated heterocycles. The van der Waals surface area contributed by atoms with Gasteiger partial charge in [-0.15, -0.1) is 0 Å². The minimum absolute atomic E-state index is 0.0833. The van der Waals surface area contributed by atoms with Crippen LogP contribution in [0.2, 0.25) is 0 Å². The van der Waals surface area contributed by atoms with Crippen molar-refractivity contribution in [2.45, 2.75) is 0 Å². The van der Waals surface area contributed by atoms with Crippen LogP contribution in [-0.2, 0) is 4.57 Å². The maximum Gasteiger partial charge on any atom is 0.335 e. The third kappa shape index (κ3) is 6.68. The molecule has 0 saturated carbocycles. The van der Waals surface area contributed by atoms with Crippen LogP contribution in [0.5, 0.6) is 0 Å². The molecule has 0 heterocycles. The lowest BCUT2D eigenvalue weighted by molar-refractivity contribution is 0.0681. The summed E-state index contributed by atoms with van der Waals surface area (Å²) in [5.74, 6) is -2.13. The summed E-state index contributed by atoms with van der Waals surface area (Å²) < 4.78 is 10.0. The first-order valence-electron chi connectivity index (χ1n) is 4.82. The highest BCUT2D eigenvalue weighted by Gasteiger charge is 2.12. The van der Waals surface area contributed by atoms with Crippen molar-refractivity contribution in [3.63, 3.8) is 0 Å². The smallest absolute Gasteiger partial charge is 0.335 e. The highest BCUT2D eigenvalue weighted by molar-refractivity contribution is 7.57. The van der Waals surface area contributed by atoms with Crippen LogP contribution in [-0.4, -0.2) is 50.0 Å². The second-order valence-electron chi connectivity index (χ2n) is 3.32. The van der Waals surface area contributed by atoms with E-state index in [0.717, 1.165) is 0 Å². The summed E-state index contributed by atoms with van der Waals surface area (Å²) in [5.41, 5.74) is 0.167.